The molecule has 6 nitrogen and oxygen atoms in total. The van der Waals surface area contributed by atoms with Crippen LogP contribution in [0, 0.1) is 5.92 Å². The van der Waals surface area contributed by atoms with Gasteiger partial charge in [-0.1, -0.05) is 0 Å². The van der Waals surface area contributed by atoms with Crippen LogP contribution in [0.1, 0.15) is 18.4 Å². The van der Waals surface area contributed by atoms with Crippen molar-refractivity contribution in [3.05, 3.63) is 29.8 Å². The summed E-state index contributed by atoms with van der Waals surface area (Å²) in [5.41, 5.74) is 3.23. The normalized spacial score (nSPS) is 18.6. The molecular weight excluding hydrogens is 258 g/mol. The fraction of sp³-hybridized carbons (Fsp3) is 0.357. The number of rotatable bonds is 4. The molecule has 1 aliphatic rings. The van der Waals surface area contributed by atoms with E-state index in [4.69, 9.17) is 4.74 Å². The van der Waals surface area contributed by atoms with Crippen molar-refractivity contribution in [1.29, 1.82) is 0 Å². The van der Waals surface area contributed by atoms with Crippen molar-refractivity contribution in [3.8, 4) is 5.75 Å². The van der Waals surface area contributed by atoms with Crippen molar-refractivity contribution in [1.82, 2.24) is 10.7 Å². The van der Waals surface area contributed by atoms with E-state index in [1.54, 1.807) is 19.2 Å². The molecule has 2 N–H and O–H groups in total. The molecule has 1 fully saturated rings. The zero-order chi connectivity index (χ0) is 14.4. The number of amides is 2. The van der Waals surface area contributed by atoms with Crippen LogP contribution in [0.25, 0.3) is 0 Å². The van der Waals surface area contributed by atoms with E-state index in [9.17, 15) is 9.59 Å². The molecule has 0 saturated carbocycles. The monoisotopic (exact) mass is 275 g/mol. The van der Waals surface area contributed by atoms with E-state index in [0.717, 1.165) is 17.7 Å². The van der Waals surface area contributed by atoms with Gasteiger partial charge in [-0.05, 0) is 42.7 Å². The maximum Gasteiger partial charge on any atom is 0.252 e. The highest BCUT2D eigenvalue weighted by Gasteiger charge is 2.28. The Morgan fingerprint density at radius 2 is 2.20 bits per heavy atom. The van der Waals surface area contributed by atoms with Gasteiger partial charge in [-0.2, -0.15) is 5.10 Å². The van der Waals surface area contributed by atoms with Crippen molar-refractivity contribution >= 4 is 18.0 Å². The highest BCUT2D eigenvalue weighted by Crippen LogP contribution is 2.11. The van der Waals surface area contributed by atoms with Gasteiger partial charge in [-0.25, -0.2) is 5.43 Å². The summed E-state index contributed by atoms with van der Waals surface area (Å²) < 4.78 is 5.04. The molecule has 1 unspecified atom stereocenters. The third-order valence-electron chi connectivity index (χ3n) is 3.11. The highest BCUT2D eigenvalue weighted by atomic mass is 16.5. The van der Waals surface area contributed by atoms with Crippen LogP contribution >= 0.6 is 0 Å². The predicted molar refractivity (Wildman–Crippen MR) is 74.5 cm³/mol. The lowest BCUT2D eigenvalue weighted by Gasteiger charge is -2.19. The summed E-state index contributed by atoms with van der Waals surface area (Å²) in [6.45, 7) is 0.637. The smallest absolute Gasteiger partial charge is 0.252 e. The number of hydrogen-bond donors (Lipinski definition) is 2. The molecule has 0 aromatic heterocycles. The Bertz CT molecular complexity index is 511. The zero-order valence-corrected chi connectivity index (χ0v) is 11.3. The average Bonchev–Trinajstić information content (AvgIpc) is 2.48. The van der Waals surface area contributed by atoms with Gasteiger partial charge in [0, 0.05) is 6.54 Å². The summed E-state index contributed by atoms with van der Waals surface area (Å²) in [7, 11) is 1.60. The van der Waals surface area contributed by atoms with Crippen LogP contribution < -0.4 is 15.5 Å². The first kappa shape index (κ1) is 14.0. The van der Waals surface area contributed by atoms with E-state index in [1.165, 1.54) is 6.21 Å². The molecule has 0 bridgehead atoms. The zero-order valence-electron chi connectivity index (χ0n) is 11.3. The topological polar surface area (TPSA) is 79.8 Å². The molecule has 1 heterocycles. The van der Waals surface area contributed by atoms with Crippen molar-refractivity contribution < 1.29 is 14.3 Å². The van der Waals surface area contributed by atoms with Crippen molar-refractivity contribution in [2.75, 3.05) is 13.7 Å². The summed E-state index contributed by atoms with van der Waals surface area (Å²) in [5, 5.41) is 6.53. The van der Waals surface area contributed by atoms with Crippen molar-refractivity contribution in [3.63, 3.8) is 0 Å². The molecule has 0 radical (unpaired) electrons. The third kappa shape index (κ3) is 3.57. The van der Waals surface area contributed by atoms with E-state index in [1.807, 2.05) is 12.1 Å². The lowest BCUT2D eigenvalue weighted by atomic mass is 9.98. The average molecular weight is 275 g/mol. The van der Waals surface area contributed by atoms with Gasteiger partial charge in [0.2, 0.25) is 5.91 Å². The number of carbonyl (C=O) groups is 2. The second-order valence-corrected chi connectivity index (χ2v) is 4.49. The largest absolute Gasteiger partial charge is 0.497 e. The van der Waals surface area contributed by atoms with E-state index in [0.29, 0.717) is 13.0 Å². The number of carbonyl (C=O) groups excluding carboxylic acids is 2. The van der Waals surface area contributed by atoms with E-state index < -0.39 is 5.92 Å². The number of nitrogens with zero attached hydrogens (tertiary/aromatic N) is 1. The van der Waals surface area contributed by atoms with Gasteiger partial charge < -0.3 is 10.1 Å². The second kappa shape index (κ2) is 6.70. The molecule has 0 spiro atoms. The number of methoxy groups -OCH3 is 1. The summed E-state index contributed by atoms with van der Waals surface area (Å²) in [4.78, 5) is 23.3. The second-order valence-electron chi connectivity index (χ2n) is 4.49. The van der Waals surface area contributed by atoms with Gasteiger partial charge in [0.25, 0.3) is 5.91 Å². The number of hydrazone groups is 1. The van der Waals surface area contributed by atoms with Gasteiger partial charge in [0.1, 0.15) is 11.7 Å². The fourth-order valence-corrected chi connectivity index (χ4v) is 1.96. The van der Waals surface area contributed by atoms with E-state index in [-0.39, 0.29) is 11.8 Å². The predicted octanol–water partition coefficient (Wildman–Crippen LogP) is 0.671. The minimum Gasteiger partial charge on any atom is -0.497 e. The SMILES string of the molecule is COc1ccc(C=NNC(=O)C2CCCNC2=O)cc1. The van der Waals surface area contributed by atoms with E-state index >= 15 is 0 Å². The first-order valence-electron chi connectivity index (χ1n) is 6.45. The molecule has 0 aliphatic carbocycles. The molecule has 1 aliphatic heterocycles. The van der Waals surface area contributed by atoms with Gasteiger partial charge in [-0.3, -0.25) is 9.59 Å². The maximum atomic E-state index is 11.8. The molecule has 1 atom stereocenters. The Morgan fingerprint density at radius 3 is 2.85 bits per heavy atom. The number of hydrogen-bond acceptors (Lipinski definition) is 4. The molecule has 6 heteroatoms. The van der Waals surface area contributed by atoms with Crippen LogP contribution in [0.4, 0.5) is 0 Å². The third-order valence-corrected chi connectivity index (χ3v) is 3.11. The standard InChI is InChI=1S/C14H17N3O3/c1-20-11-6-4-10(5-7-11)9-16-17-14(19)12-3-2-8-15-13(12)18/h4-7,9,12H,2-3,8H2,1H3,(H,15,18)(H,17,19). The molecule has 1 aromatic carbocycles. The first-order valence-corrected chi connectivity index (χ1v) is 6.45. The van der Waals surface area contributed by atoms with Crippen LogP contribution in [-0.2, 0) is 9.59 Å². The minimum absolute atomic E-state index is 0.228. The Kier molecular flexibility index (Phi) is 4.70. The van der Waals surface area contributed by atoms with Crippen LogP contribution in [0.5, 0.6) is 5.75 Å². The fourth-order valence-electron chi connectivity index (χ4n) is 1.96. The lowest BCUT2D eigenvalue weighted by molar-refractivity contribution is -0.136. The molecule has 106 valence electrons. The van der Waals surface area contributed by atoms with Crippen LogP contribution in [0.15, 0.2) is 29.4 Å². The Hall–Kier alpha value is -2.37. The van der Waals surface area contributed by atoms with Gasteiger partial charge in [-0.15, -0.1) is 0 Å². The Morgan fingerprint density at radius 1 is 1.45 bits per heavy atom. The Labute approximate surface area is 117 Å². The summed E-state index contributed by atoms with van der Waals surface area (Å²) >= 11 is 0. The first-order chi connectivity index (χ1) is 9.70. The quantitative estimate of drug-likeness (QED) is 0.481. The summed E-state index contributed by atoms with van der Waals surface area (Å²) in [6.07, 6.45) is 2.90. The highest BCUT2D eigenvalue weighted by molar-refractivity contribution is 6.00. The molecule has 20 heavy (non-hydrogen) atoms. The lowest BCUT2D eigenvalue weighted by Crippen LogP contribution is -2.43. The molecule has 2 amide bonds. The van der Waals surface area contributed by atoms with Crippen LogP contribution in [0.2, 0.25) is 0 Å². The number of piperidine rings is 1. The van der Waals surface area contributed by atoms with Gasteiger partial charge >= 0.3 is 0 Å². The van der Waals surface area contributed by atoms with Crippen LogP contribution in [0.3, 0.4) is 0 Å². The van der Waals surface area contributed by atoms with Crippen LogP contribution in [-0.4, -0.2) is 31.7 Å². The number of nitrogens with one attached hydrogen (secondary N) is 2. The maximum absolute atomic E-state index is 11.8. The molecule has 1 saturated heterocycles. The molecule has 1 aromatic rings. The number of benzene rings is 1. The van der Waals surface area contributed by atoms with Crippen molar-refractivity contribution in [2.24, 2.45) is 11.0 Å². The van der Waals surface area contributed by atoms with Gasteiger partial charge in [0.15, 0.2) is 0 Å². The van der Waals surface area contributed by atoms with E-state index in [2.05, 4.69) is 15.8 Å². The van der Waals surface area contributed by atoms with Crippen molar-refractivity contribution in [2.45, 2.75) is 12.8 Å². The Balaban J connectivity index is 1.88. The molecule has 2 rings (SSSR count). The summed E-state index contributed by atoms with van der Waals surface area (Å²) in [6, 6.07) is 7.25. The summed E-state index contributed by atoms with van der Waals surface area (Å²) in [5.74, 6) is -0.484. The minimum atomic E-state index is -0.642. The number of ether oxygens (including phenoxy) is 1. The molecular formula is C14H17N3O3. The van der Waals surface area contributed by atoms with Gasteiger partial charge in [0.05, 0.1) is 13.3 Å².